The van der Waals surface area contributed by atoms with Crippen LogP contribution in [0.15, 0.2) is 54.6 Å². The third-order valence-corrected chi connectivity index (χ3v) is 6.15. The van der Waals surface area contributed by atoms with Gasteiger partial charge in [0.15, 0.2) is 5.65 Å². The summed E-state index contributed by atoms with van der Waals surface area (Å²) in [4.78, 5) is 19.8. The normalized spacial score (nSPS) is 13.5. The molecule has 1 aliphatic rings. The molecule has 0 N–H and O–H groups in total. The van der Waals surface area contributed by atoms with E-state index in [0.29, 0.717) is 29.0 Å². The Morgan fingerprint density at radius 2 is 1.88 bits per heavy atom. The molecular weight excluding hydrogens is 422 g/mol. The average Bonchev–Trinajstić information content (AvgIpc) is 3.13. The van der Waals surface area contributed by atoms with Crippen LogP contribution in [0, 0.1) is 13.8 Å². The van der Waals surface area contributed by atoms with Crippen LogP contribution >= 0.6 is 0 Å². The van der Waals surface area contributed by atoms with E-state index in [1.54, 1.807) is 11.8 Å². The van der Waals surface area contributed by atoms with Crippen LogP contribution in [0.25, 0.3) is 22.3 Å². The number of carbonyl (C=O) groups excluding carboxylic acids is 1. The molecular formula is C26H24F2N4O. The van der Waals surface area contributed by atoms with Crippen LogP contribution in [0.4, 0.5) is 14.5 Å². The molecule has 33 heavy (non-hydrogen) atoms. The molecule has 0 fully saturated rings. The summed E-state index contributed by atoms with van der Waals surface area (Å²) >= 11 is 0. The highest BCUT2D eigenvalue weighted by Crippen LogP contribution is 2.33. The second kappa shape index (κ2) is 8.39. The van der Waals surface area contributed by atoms with E-state index in [1.807, 2.05) is 49.4 Å². The Hall–Kier alpha value is -3.61. The summed E-state index contributed by atoms with van der Waals surface area (Å²) in [6.07, 6.45) is -0.862. The molecule has 2 aromatic carbocycles. The fourth-order valence-electron chi connectivity index (χ4n) is 4.62. The van der Waals surface area contributed by atoms with Crippen LogP contribution in [-0.4, -0.2) is 27.2 Å². The number of rotatable bonds is 4. The van der Waals surface area contributed by atoms with Crippen LogP contribution in [0.1, 0.15) is 35.2 Å². The fraction of sp³-hybridized carbons (Fsp3) is 0.269. The Labute approximate surface area is 190 Å². The quantitative estimate of drug-likeness (QED) is 0.408. The maximum atomic E-state index is 14.0. The first-order valence-corrected chi connectivity index (χ1v) is 11.0. The van der Waals surface area contributed by atoms with Gasteiger partial charge in [-0.2, -0.15) is 5.10 Å². The fourth-order valence-corrected chi connectivity index (χ4v) is 4.62. The molecule has 5 nitrogen and oxygen atoms in total. The first-order valence-electron chi connectivity index (χ1n) is 11.0. The molecule has 7 heteroatoms. The average molecular weight is 447 g/mol. The van der Waals surface area contributed by atoms with Crippen LogP contribution in [0.3, 0.4) is 0 Å². The lowest BCUT2D eigenvalue weighted by Crippen LogP contribution is -2.38. The van der Waals surface area contributed by atoms with Crippen molar-refractivity contribution in [2.75, 3.05) is 11.4 Å². The molecule has 0 spiro atoms. The van der Waals surface area contributed by atoms with Crippen LogP contribution in [0.5, 0.6) is 0 Å². The third-order valence-electron chi connectivity index (χ3n) is 6.15. The van der Waals surface area contributed by atoms with Crippen LogP contribution in [0.2, 0.25) is 0 Å². The van der Waals surface area contributed by atoms with Gasteiger partial charge in [-0.25, -0.2) is 18.4 Å². The molecule has 1 aliphatic heterocycles. The van der Waals surface area contributed by atoms with E-state index in [1.165, 1.54) is 10.7 Å². The number of aromatic nitrogens is 3. The zero-order valence-electron chi connectivity index (χ0n) is 18.6. The van der Waals surface area contributed by atoms with E-state index < -0.39 is 6.43 Å². The highest BCUT2D eigenvalue weighted by Gasteiger charge is 2.26. The predicted molar refractivity (Wildman–Crippen MR) is 125 cm³/mol. The molecule has 0 saturated carbocycles. The molecule has 0 bridgehead atoms. The van der Waals surface area contributed by atoms with Gasteiger partial charge < -0.3 is 4.90 Å². The number of benzene rings is 2. The summed E-state index contributed by atoms with van der Waals surface area (Å²) < 4.78 is 29.5. The molecule has 5 rings (SSSR count). The van der Waals surface area contributed by atoms with E-state index >= 15 is 0 Å². The van der Waals surface area contributed by atoms with Crippen molar-refractivity contribution in [3.05, 3.63) is 77.0 Å². The number of pyridine rings is 1. The lowest BCUT2D eigenvalue weighted by Gasteiger charge is -2.29. The summed E-state index contributed by atoms with van der Waals surface area (Å²) in [5, 5.41) is 4.76. The number of alkyl halides is 2. The Bertz CT molecular complexity index is 1350. The minimum Gasteiger partial charge on any atom is -0.311 e. The molecule has 1 amide bonds. The molecule has 2 aromatic heterocycles. The number of halogens is 2. The number of fused-ring (bicyclic) bond motifs is 2. The monoisotopic (exact) mass is 446 g/mol. The number of nitrogens with zero attached hydrogens (tertiary/aromatic N) is 4. The summed E-state index contributed by atoms with van der Waals surface area (Å²) in [6.45, 7) is 4.28. The van der Waals surface area contributed by atoms with Gasteiger partial charge in [0.05, 0.1) is 16.8 Å². The SMILES string of the molecule is Cc1ccc2c(c1)CCCN2C(=O)Cn1nc(C)c2c(C(F)F)cc(-c3ccccc3)nc21. The highest BCUT2D eigenvalue weighted by molar-refractivity contribution is 5.95. The molecule has 168 valence electrons. The largest absolute Gasteiger partial charge is 0.311 e. The Kier molecular flexibility index (Phi) is 5.40. The van der Waals surface area contributed by atoms with Gasteiger partial charge in [0, 0.05) is 23.4 Å². The van der Waals surface area contributed by atoms with E-state index in [-0.39, 0.29) is 18.0 Å². The lowest BCUT2D eigenvalue weighted by molar-refractivity contribution is -0.119. The minimum atomic E-state index is -2.68. The number of anilines is 1. The maximum Gasteiger partial charge on any atom is 0.264 e. The van der Waals surface area contributed by atoms with Gasteiger partial charge in [-0.05, 0) is 44.4 Å². The molecule has 0 unspecified atom stereocenters. The number of hydrogen-bond acceptors (Lipinski definition) is 3. The van der Waals surface area contributed by atoms with E-state index in [2.05, 4.69) is 16.1 Å². The maximum absolute atomic E-state index is 14.0. The van der Waals surface area contributed by atoms with Crippen molar-refractivity contribution >= 4 is 22.6 Å². The zero-order chi connectivity index (χ0) is 23.1. The van der Waals surface area contributed by atoms with Gasteiger partial charge in [-0.15, -0.1) is 0 Å². The smallest absolute Gasteiger partial charge is 0.264 e. The topological polar surface area (TPSA) is 51.0 Å². The van der Waals surface area contributed by atoms with Crippen LogP contribution in [-0.2, 0) is 17.8 Å². The van der Waals surface area contributed by atoms with Crippen molar-refractivity contribution < 1.29 is 13.6 Å². The molecule has 3 heterocycles. The van der Waals surface area contributed by atoms with Crippen molar-refractivity contribution in [2.24, 2.45) is 0 Å². The number of amides is 1. The molecule has 0 atom stereocenters. The van der Waals surface area contributed by atoms with Gasteiger partial charge >= 0.3 is 0 Å². The second-order valence-electron chi connectivity index (χ2n) is 8.49. The predicted octanol–water partition coefficient (Wildman–Crippen LogP) is 5.63. The molecule has 0 aliphatic carbocycles. The van der Waals surface area contributed by atoms with Crippen molar-refractivity contribution in [3.8, 4) is 11.3 Å². The molecule has 0 radical (unpaired) electrons. The van der Waals surface area contributed by atoms with Crippen LogP contribution < -0.4 is 4.90 Å². The van der Waals surface area contributed by atoms with E-state index in [0.717, 1.165) is 35.2 Å². The van der Waals surface area contributed by atoms with Gasteiger partial charge in [0.2, 0.25) is 5.91 Å². The highest BCUT2D eigenvalue weighted by atomic mass is 19.3. The Morgan fingerprint density at radius 1 is 1.09 bits per heavy atom. The zero-order valence-corrected chi connectivity index (χ0v) is 18.6. The van der Waals surface area contributed by atoms with Crippen molar-refractivity contribution in [2.45, 2.75) is 39.7 Å². The van der Waals surface area contributed by atoms with Crippen molar-refractivity contribution in [3.63, 3.8) is 0 Å². The number of hydrogen-bond donors (Lipinski definition) is 0. The Morgan fingerprint density at radius 3 is 2.64 bits per heavy atom. The van der Waals surface area contributed by atoms with Crippen molar-refractivity contribution in [1.82, 2.24) is 14.8 Å². The molecule has 0 saturated heterocycles. The summed E-state index contributed by atoms with van der Waals surface area (Å²) in [7, 11) is 0. The summed E-state index contributed by atoms with van der Waals surface area (Å²) in [6, 6.07) is 16.7. The number of aryl methyl sites for hydroxylation is 3. The minimum absolute atomic E-state index is 0.0639. The number of carbonyl (C=O) groups is 1. The van der Waals surface area contributed by atoms with Gasteiger partial charge in [0.25, 0.3) is 6.43 Å². The lowest BCUT2D eigenvalue weighted by atomic mass is 9.99. The van der Waals surface area contributed by atoms with Gasteiger partial charge in [-0.1, -0.05) is 48.0 Å². The Balaban J connectivity index is 1.57. The first kappa shape index (κ1) is 21.2. The molecule has 4 aromatic rings. The van der Waals surface area contributed by atoms with Crippen molar-refractivity contribution in [1.29, 1.82) is 0 Å². The summed E-state index contributed by atoms with van der Waals surface area (Å²) in [5.74, 6) is -0.130. The van der Waals surface area contributed by atoms with E-state index in [4.69, 9.17) is 0 Å². The second-order valence-corrected chi connectivity index (χ2v) is 8.49. The van der Waals surface area contributed by atoms with E-state index in [9.17, 15) is 13.6 Å². The third kappa shape index (κ3) is 3.88. The standard InChI is InChI=1S/C26H24F2N4O/c1-16-10-11-22-19(13-16)9-6-12-31(22)23(33)15-32-26-24(17(2)30-32)20(25(27)28)14-21(29-26)18-7-4-3-5-8-18/h3-5,7-8,10-11,13-14,25H,6,9,12,15H2,1-2H3. The first-order chi connectivity index (χ1) is 15.9. The summed E-state index contributed by atoms with van der Waals surface area (Å²) in [5.41, 5.74) is 5.03. The van der Waals surface area contributed by atoms with Gasteiger partial charge in [0.1, 0.15) is 6.54 Å². The van der Waals surface area contributed by atoms with Gasteiger partial charge in [-0.3, -0.25) is 4.79 Å².